The Labute approximate surface area is 140 Å². The molecule has 7 heteroatoms. The number of fused-ring (bicyclic) bond motifs is 1. The van der Waals surface area contributed by atoms with Crippen LogP contribution in [0.1, 0.15) is 5.56 Å². The zero-order valence-corrected chi connectivity index (χ0v) is 16.8. The average Bonchev–Trinajstić information content (AvgIpc) is 2.81. The van der Waals surface area contributed by atoms with Crippen molar-refractivity contribution in [2.45, 2.75) is 51.8 Å². The lowest BCUT2D eigenvalue weighted by Crippen LogP contribution is -2.42. The molecule has 1 aromatic carbocycles. The van der Waals surface area contributed by atoms with Gasteiger partial charge in [0.05, 0.1) is 0 Å². The van der Waals surface area contributed by atoms with Crippen LogP contribution in [0.15, 0.2) is 18.2 Å². The van der Waals surface area contributed by atoms with Crippen molar-refractivity contribution in [1.82, 2.24) is 0 Å². The highest BCUT2D eigenvalue weighted by Crippen LogP contribution is 2.33. The van der Waals surface area contributed by atoms with Gasteiger partial charge in [0.2, 0.25) is 15.1 Å². The molecular weight excluding hydrogens is 328 g/mol. The molecule has 1 aliphatic heterocycles. The van der Waals surface area contributed by atoms with Crippen molar-refractivity contribution in [3.63, 3.8) is 0 Å². The van der Waals surface area contributed by atoms with E-state index in [0.29, 0.717) is 12.2 Å². The second-order valence-corrected chi connectivity index (χ2v) is 16.5. The summed E-state index contributed by atoms with van der Waals surface area (Å²) >= 11 is 0. The molecule has 23 heavy (non-hydrogen) atoms. The molecule has 0 aliphatic carbocycles. The molecule has 0 spiro atoms. The minimum absolute atomic E-state index is 0.241. The van der Waals surface area contributed by atoms with Gasteiger partial charge in [-0.1, -0.05) is 6.07 Å². The van der Waals surface area contributed by atoms with E-state index in [0.717, 1.165) is 11.3 Å². The molecule has 1 heterocycles. The van der Waals surface area contributed by atoms with Crippen molar-refractivity contribution in [2.75, 3.05) is 6.79 Å². The van der Waals surface area contributed by atoms with Crippen LogP contribution >= 0.6 is 0 Å². The molecule has 0 amide bonds. The highest BCUT2D eigenvalue weighted by Gasteiger charge is 2.31. The van der Waals surface area contributed by atoms with E-state index in [4.69, 9.17) is 18.3 Å². The van der Waals surface area contributed by atoms with Gasteiger partial charge in [-0.2, -0.15) is 0 Å². The summed E-state index contributed by atoms with van der Waals surface area (Å²) in [6.07, 6.45) is -0.0988. The maximum atomic E-state index is 12.5. The first-order valence-corrected chi connectivity index (χ1v) is 14.6. The molecule has 0 aromatic heterocycles. The predicted octanol–water partition coefficient (Wildman–Crippen LogP) is 3.56. The van der Waals surface area contributed by atoms with Crippen molar-refractivity contribution >= 4 is 22.6 Å². The van der Waals surface area contributed by atoms with Crippen LogP contribution < -0.4 is 9.47 Å². The van der Waals surface area contributed by atoms with Crippen LogP contribution in [-0.2, 0) is 20.1 Å². The molecule has 0 saturated carbocycles. The van der Waals surface area contributed by atoms with Crippen LogP contribution in [0.25, 0.3) is 0 Å². The third kappa shape index (κ3) is 5.67. The van der Waals surface area contributed by atoms with Gasteiger partial charge in [-0.05, 0) is 57.0 Å². The van der Waals surface area contributed by atoms with Gasteiger partial charge in [0.15, 0.2) is 19.8 Å². The number of hydrogen-bond donors (Lipinski definition) is 0. The first-order chi connectivity index (χ1) is 10.5. The molecule has 0 fully saturated rings. The minimum Gasteiger partial charge on any atom is -0.518 e. The summed E-state index contributed by atoms with van der Waals surface area (Å²) in [5.41, 5.74) is 0.977. The van der Waals surface area contributed by atoms with E-state index in [1.807, 2.05) is 37.8 Å². The quantitative estimate of drug-likeness (QED) is 0.731. The van der Waals surface area contributed by atoms with Crippen molar-refractivity contribution in [3.05, 3.63) is 23.8 Å². The molecular formula is C16H26O5Si2. The van der Waals surface area contributed by atoms with Crippen molar-refractivity contribution in [3.8, 4) is 11.5 Å². The van der Waals surface area contributed by atoms with E-state index in [9.17, 15) is 4.79 Å². The van der Waals surface area contributed by atoms with Gasteiger partial charge in [0, 0.05) is 6.42 Å². The van der Waals surface area contributed by atoms with Gasteiger partial charge >= 0.3 is 5.97 Å². The highest BCUT2D eigenvalue weighted by atomic mass is 28.4. The molecule has 2 rings (SSSR count). The fraction of sp³-hybridized carbons (Fsp3) is 0.562. The van der Waals surface area contributed by atoms with Crippen LogP contribution in [-0.4, -0.2) is 35.5 Å². The summed E-state index contributed by atoms with van der Waals surface area (Å²) in [4.78, 5) is 12.5. The summed E-state index contributed by atoms with van der Waals surface area (Å²) < 4.78 is 22.5. The average molecular weight is 355 g/mol. The van der Waals surface area contributed by atoms with Gasteiger partial charge in [-0.15, -0.1) is 0 Å². The Morgan fingerprint density at radius 3 is 2.35 bits per heavy atom. The molecule has 0 saturated heterocycles. The number of rotatable bonds is 6. The Hall–Kier alpha value is -1.32. The second kappa shape index (κ2) is 6.66. The first-order valence-electron chi connectivity index (χ1n) is 7.83. The number of carbonyl (C=O) groups is 1. The van der Waals surface area contributed by atoms with Crippen molar-refractivity contribution < 1.29 is 23.1 Å². The monoisotopic (exact) mass is 354 g/mol. The lowest BCUT2D eigenvalue weighted by molar-refractivity contribution is -0.143. The standard InChI is InChI=1S/C16H26O5Si2/c1-22(2,3)20-15(16(17)21-23(4,5)6)10-12-7-8-13-14(9-12)19-11-18-13/h7-9,15H,10-11H2,1-6H3. The molecule has 5 nitrogen and oxygen atoms in total. The summed E-state index contributed by atoms with van der Waals surface area (Å²) in [5.74, 6) is 1.19. The van der Waals surface area contributed by atoms with E-state index in [-0.39, 0.29) is 12.8 Å². The Balaban J connectivity index is 2.15. The molecule has 0 N–H and O–H groups in total. The van der Waals surface area contributed by atoms with E-state index in [2.05, 4.69) is 19.6 Å². The van der Waals surface area contributed by atoms with Crippen LogP contribution in [0, 0.1) is 0 Å². The second-order valence-electron chi connectivity index (χ2n) is 7.64. The lowest BCUT2D eigenvalue weighted by atomic mass is 10.1. The van der Waals surface area contributed by atoms with Gasteiger partial charge in [0.1, 0.15) is 6.10 Å². The van der Waals surface area contributed by atoms with E-state index >= 15 is 0 Å². The maximum Gasteiger partial charge on any atom is 0.321 e. The molecule has 0 radical (unpaired) electrons. The van der Waals surface area contributed by atoms with E-state index in [1.54, 1.807) is 0 Å². The fourth-order valence-corrected chi connectivity index (χ4v) is 4.02. The highest BCUT2D eigenvalue weighted by molar-refractivity contribution is 6.71. The molecule has 1 atom stereocenters. The third-order valence-electron chi connectivity index (χ3n) is 3.02. The Morgan fingerprint density at radius 2 is 1.74 bits per heavy atom. The smallest absolute Gasteiger partial charge is 0.321 e. The molecule has 1 aliphatic rings. The van der Waals surface area contributed by atoms with Gasteiger partial charge in [-0.3, -0.25) is 4.79 Å². The van der Waals surface area contributed by atoms with Crippen molar-refractivity contribution in [2.24, 2.45) is 0 Å². The van der Waals surface area contributed by atoms with Gasteiger partial charge in [-0.25, -0.2) is 0 Å². The van der Waals surface area contributed by atoms with E-state index < -0.39 is 22.7 Å². The number of benzene rings is 1. The zero-order valence-electron chi connectivity index (χ0n) is 14.8. The number of hydrogen-bond acceptors (Lipinski definition) is 5. The molecule has 0 bridgehead atoms. The van der Waals surface area contributed by atoms with E-state index in [1.165, 1.54) is 0 Å². The largest absolute Gasteiger partial charge is 0.518 e. The van der Waals surface area contributed by atoms with Gasteiger partial charge in [0.25, 0.3) is 0 Å². The topological polar surface area (TPSA) is 54.0 Å². The summed E-state index contributed by atoms with van der Waals surface area (Å²) in [6, 6.07) is 5.72. The first kappa shape index (κ1) is 18.0. The fourth-order valence-electron chi connectivity index (χ4n) is 2.25. The summed E-state index contributed by atoms with van der Waals surface area (Å²) in [5, 5.41) is 0. The number of carbonyl (C=O) groups excluding carboxylic acids is 1. The Kier molecular flexibility index (Phi) is 5.22. The maximum absolute atomic E-state index is 12.5. The summed E-state index contributed by atoms with van der Waals surface area (Å²) in [6.45, 7) is 12.4. The Bertz CT molecular complexity index is 575. The van der Waals surface area contributed by atoms with Crippen LogP contribution in [0.2, 0.25) is 39.3 Å². The number of ether oxygens (including phenoxy) is 2. The van der Waals surface area contributed by atoms with Gasteiger partial charge < -0.3 is 18.3 Å². The Morgan fingerprint density at radius 1 is 1.09 bits per heavy atom. The van der Waals surface area contributed by atoms with Crippen LogP contribution in [0.4, 0.5) is 0 Å². The molecule has 1 aromatic rings. The van der Waals surface area contributed by atoms with Crippen LogP contribution in [0.5, 0.6) is 11.5 Å². The SMILES string of the molecule is C[Si](C)(C)OC(=O)C(Cc1ccc2c(c1)OCO2)O[Si](C)(C)C. The normalized spacial score (nSPS) is 15.4. The zero-order chi connectivity index (χ0) is 17.3. The van der Waals surface area contributed by atoms with Crippen molar-refractivity contribution in [1.29, 1.82) is 0 Å². The lowest BCUT2D eigenvalue weighted by Gasteiger charge is -2.28. The minimum atomic E-state index is -1.95. The molecule has 128 valence electrons. The summed E-state index contributed by atoms with van der Waals surface area (Å²) in [7, 11) is -3.83. The van der Waals surface area contributed by atoms with Crippen LogP contribution in [0.3, 0.4) is 0 Å². The third-order valence-corrected chi connectivity index (χ3v) is 4.83. The molecule has 1 unspecified atom stereocenters. The predicted molar refractivity (Wildman–Crippen MR) is 93.9 cm³/mol.